The van der Waals surface area contributed by atoms with Gasteiger partial charge in [0.2, 0.25) is 0 Å². The topological polar surface area (TPSA) is 175 Å². The molecule has 1 unspecified atom stereocenters. The van der Waals surface area contributed by atoms with Crippen molar-refractivity contribution in [1.29, 1.82) is 0 Å². The van der Waals surface area contributed by atoms with Crippen LogP contribution in [-0.4, -0.2) is 78.1 Å². The number of benzene rings is 1. The predicted molar refractivity (Wildman–Crippen MR) is 147 cm³/mol. The quantitative estimate of drug-likeness (QED) is 0.282. The summed E-state index contributed by atoms with van der Waals surface area (Å²) in [5, 5.41) is 25.4. The van der Waals surface area contributed by atoms with Crippen LogP contribution in [0.3, 0.4) is 0 Å². The highest BCUT2D eigenvalue weighted by molar-refractivity contribution is 5.96. The Morgan fingerprint density at radius 3 is 2.59 bits per heavy atom. The molecule has 1 aromatic carbocycles. The van der Waals surface area contributed by atoms with Gasteiger partial charge in [-0.15, -0.1) is 5.10 Å². The number of aromatic carboxylic acids is 1. The fourth-order valence-corrected chi connectivity index (χ4v) is 3.99. The normalized spacial score (nSPS) is 12.4. The second-order valence-corrected chi connectivity index (χ2v) is 10.4. The minimum atomic E-state index is -1.23. The number of carboxylic acids is 1. The molecular weight excluding hydrogens is 536 g/mol. The third-order valence-electron chi connectivity index (χ3n) is 5.72. The van der Waals surface area contributed by atoms with Crippen molar-refractivity contribution >= 4 is 52.0 Å². The monoisotopic (exact) mass is 568 g/mol. The van der Waals surface area contributed by atoms with Crippen LogP contribution in [0, 0.1) is 0 Å². The van der Waals surface area contributed by atoms with Crippen molar-refractivity contribution in [2.75, 3.05) is 23.9 Å². The van der Waals surface area contributed by atoms with Crippen LogP contribution in [-0.2, 0) is 32.7 Å². The van der Waals surface area contributed by atoms with Crippen molar-refractivity contribution in [3.8, 4) is 0 Å². The van der Waals surface area contributed by atoms with Gasteiger partial charge in [-0.25, -0.2) is 19.3 Å². The summed E-state index contributed by atoms with van der Waals surface area (Å²) < 4.78 is 19.2. The zero-order valence-corrected chi connectivity index (χ0v) is 23.8. The molecule has 15 nitrogen and oxygen atoms in total. The van der Waals surface area contributed by atoms with E-state index in [0.717, 1.165) is 11.8 Å². The zero-order valence-electron chi connectivity index (χ0n) is 23.8. The molecule has 3 aromatic heterocycles. The molecule has 0 radical (unpaired) electrons. The molecule has 0 fully saturated rings. The Balaban J connectivity index is 1.72. The molecule has 1 atom stereocenters. The summed E-state index contributed by atoms with van der Waals surface area (Å²) in [6.45, 7) is 8.69. The number of carbonyl (C=O) groups is 3. The summed E-state index contributed by atoms with van der Waals surface area (Å²) in [6.07, 6.45) is 0.0839. The van der Waals surface area contributed by atoms with Gasteiger partial charge in [-0.1, -0.05) is 5.21 Å². The maximum atomic E-state index is 12.9. The molecule has 4 rings (SSSR count). The maximum absolute atomic E-state index is 12.9. The molecule has 0 saturated carbocycles. The molecule has 4 aromatic rings. The highest BCUT2D eigenvalue weighted by Crippen LogP contribution is 2.29. The number of hydrogen-bond donors (Lipinski definition) is 2. The Hall–Kier alpha value is -4.79. The average molecular weight is 569 g/mol. The van der Waals surface area contributed by atoms with Crippen LogP contribution in [0.1, 0.15) is 50.5 Å². The number of carbonyl (C=O) groups excluding carboxylic acids is 2. The smallest absolute Gasteiger partial charge is 0.415 e. The molecule has 0 spiro atoms. The van der Waals surface area contributed by atoms with Gasteiger partial charge in [0.05, 0.1) is 30.6 Å². The molecule has 0 bridgehead atoms. The van der Waals surface area contributed by atoms with E-state index in [2.05, 4.69) is 25.7 Å². The first-order valence-electron chi connectivity index (χ1n) is 12.7. The van der Waals surface area contributed by atoms with Crippen LogP contribution in [0.2, 0.25) is 0 Å². The molecule has 41 heavy (non-hydrogen) atoms. The number of nitrogens with zero attached hydrogens (tertiary/aromatic N) is 7. The van der Waals surface area contributed by atoms with Gasteiger partial charge >= 0.3 is 18.0 Å². The number of esters is 1. The third kappa shape index (κ3) is 6.69. The summed E-state index contributed by atoms with van der Waals surface area (Å²) in [4.78, 5) is 41.7. The van der Waals surface area contributed by atoms with Crippen molar-refractivity contribution < 1.29 is 33.7 Å². The van der Waals surface area contributed by atoms with Crippen LogP contribution in [0.25, 0.3) is 16.7 Å². The van der Waals surface area contributed by atoms with Crippen LogP contribution >= 0.6 is 0 Å². The van der Waals surface area contributed by atoms with Crippen LogP contribution in [0.15, 0.2) is 24.4 Å². The summed E-state index contributed by atoms with van der Waals surface area (Å²) in [7, 11) is 3.24. The van der Waals surface area contributed by atoms with Crippen LogP contribution < -0.4 is 10.2 Å². The number of fused-ring (bicyclic) bond motifs is 2. The Morgan fingerprint density at radius 1 is 1.20 bits per heavy atom. The van der Waals surface area contributed by atoms with E-state index in [1.165, 1.54) is 23.4 Å². The van der Waals surface area contributed by atoms with E-state index in [4.69, 9.17) is 14.2 Å². The van der Waals surface area contributed by atoms with E-state index in [0.29, 0.717) is 16.7 Å². The largest absolute Gasteiger partial charge is 0.477 e. The zero-order chi connectivity index (χ0) is 30.1. The lowest BCUT2D eigenvalue weighted by Gasteiger charge is -2.25. The third-order valence-corrected chi connectivity index (χ3v) is 5.72. The lowest BCUT2D eigenvalue weighted by atomic mass is 10.1. The molecule has 0 aliphatic carbocycles. The number of aromatic nitrogens is 6. The van der Waals surface area contributed by atoms with Crippen molar-refractivity contribution in [2.45, 2.75) is 52.9 Å². The molecule has 15 heteroatoms. The lowest BCUT2D eigenvalue weighted by Crippen LogP contribution is -2.35. The van der Waals surface area contributed by atoms with E-state index in [-0.39, 0.29) is 42.0 Å². The SMILES string of the molecule is CC(=O)OC(C)COCc1cc(Nc2cc(N(C)C(=O)OC(C)(C)C)n3ncc(C(=O)O)c3n2)c2nnn(C)c2c1. The number of hydrogen-bond acceptors (Lipinski definition) is 11. The van der Waals surface area contributed by atoms with E-state index in [1.54, 1.807) is 51.6 Å². The number of ether oxygens (including phenoxy) is 3. The minimum absolute atomic E-state index is 0.0160. The molecule has 0 aliphatic heterocycles. The average Bonchev–Trinajstić information content (AvgIpc) is 3.45. The maximum Gasteiger partial charge on any atom is 0.415 e. The number of aryl methyl sites for hydroxylation is 1. The first kappa shape index (κ1) is 29.2. The summed E-state index contributed by atoms with van der Waals surface area (Å²) >= 11 is 0. The van der Waals surface area contributed by atoms with Gasteiger partial charge in [0, 0.05) is 27.1 Å². The molecule has 0 aliphatic rings. The molecular formula is C26H32N8O7. The fourth-order valence-electron chi connectivity index (χ4n) is 3.99. The molecule has 1 amide bonds. The Labute approximate surface area is 235 Å². The van der Waals surface area contributed by atoms with Gasteiger partial charge in [-0.3, -0.25) is 9.69 Å². The van der Waals surface area contributed by atoms with Crippen molar-refractivity contribution in [3.63, 3.8) is 0 Å². The number of nitrogens with one attached hydrogen (secondary N) is 1. The lowest BCUT2D eigenvalue weighted by molar-refractivity contribution is -0.148. The first-order valence-corrected chi connectivity index (χ1v) is 12.7. The van der Waals surface area contributed by atoms with Crippen molar-refractivity contribution in [1.82, 2.24) is 29.6 Å². The standard InChI is InChI=1S/C26H32N8O7/c1-14(40-15(2)35)12-39-13-16-8-18(22-19(9-16)33(7)31-30-22)28-20-10-21(32(6)25(38)41-26(3,4)5)34-23(29-20)17(11-27-34)24(36)37/h8-11,14H,12-13H2,1-7H3,(H,28,29)(H,36,37). The van der Waals surface area contributed by atoms with E-state index >= 15 is 0 Å². The Bertz CT molecular complexity index is 1620. The van der Waals surface area contributed by atoms with Crippen LogP contribution in [0.5, 0.6) is 0 Å². The van der Waals surface area contributed by atoms with Crippen molar-refractivity contribution in [2.24, 2.45) is 7.05 Å². The number of rotatable bonds is 9. The summed E-state index contributed by atoms with van der Waals surface area (Å²) in [5.74, 6) is -1.18. The van der Waals surface area contributed by atoms with Gasteiger partial charge in [-0.05, 0) is 45.4 Å². The van der Waals surface area contributed by atoms with Crippen molar-refractivity contribution in [3.05, 3.63) is 35.5 Å². The molecule has 3 heterocycles. The highest BCUT2D eigenvalue weighted by atomic mass is 16.6. The molecule has 218 valence electrons. The summed E-state index contributed by atoms with van der Waals surface area (Å²) in [6, 6.07) is 5.21. The highest BCUT2D eigenvalue weighted by Gasteiger charge is 2.25. The number of amides is 1. The van der Waals surface area contributed by atoms with E-state index in [1.807, 2.05) is 6.07 Å². The number of anilines is 3. The fraction of sp³-hybridized carbons (Fsp3) is 0.423. The first-order chi connectivity index (χ1) is 19.2. The Morgan fingerprint density at radius 2 is 1.93 bits per heavy atom. The van der Waals surface area contributed by atoms with Gasteiger partial charge < -0.3 is 24.6 Å². The van der Waals surface area contributed by atoms with Gasteiger partial charge in [0.25, 0.3) is 0 Å². The second-order valence-electron chi connectivity index (χ2n) is 10.4. The van der Waals surface area contributed by atoms with Gasteiger partial charge in [0.15, 0.2) is 5.65 Å². The molecule has 0 saturated heterocycles. The number of carboxylic acid groups (broad SMARTS) is 1. The van der Waals surface area contributed by atoms with E-state index in [9.17, 15) is 19.5 Å². The Kier molecular flexibility index (Phi) is 8.10. The van der Waals surface area contributed by atoms with E-state index < -0.39 is 23.8 Å². The van der Waals surface area contributed by atoms with Gasteiger partial charge in [-0.2, -0.15) is 9.61 Å². The van der Waals surface area contributed by atoms with Gasteiger partial charge in [0.1, 0.15) is 34.4 Å². The minimum Gasteiger partial charge on any atom is -0.477 e. The predicted octanol–water partition coefficient (Wildman–Crippen LogP) is 3.29. The second kappa shape index (κ2) is 11.4. The van der Waals surface area contributed by atoms with Crippen LogP contribution in [0.4, 0.5) is 22.1 Å². The molecule has 2 N–H and O–H groups in total. The summed E-state index contributed by atoms with van der Waals surface area (Å²) in [5.41, 5.74) is 1.61.